The van der Waals surface area contributed by atoms with Crippen molar-refractivity contribution in [1.82, 2.24) is 14.5 Å². The van der Waals surface area contributed by atoms with Gasteiger partial charge in [-0.1, -0.05) is 42.8 Å². The van der Waals surface area contributed by atoms with Crippen molar-refractivity contribution < 1.29 is 13.2 Å². The summed E-state index contributed by atoms with van der Waals surface area (Å²) >= 11 is 0. The molecule has 3 rings (SSSR count). The van der Waals surface area contributed by atoms with Crippen molar-refractivity contribution >= 4 is 15.9 Å². The molecule has 1 saturated heterocycles. The lowest BCUT2D eigenvalue weighted by molar-refractivity contribution is 0.0934. The number of rotatable bonds is 6. The van der Waals surface area contributed by atoms with Crippen molar-refractivity contribution in [3.63, 3.8) is 0 Å². The van der Waals surface area contributed by atoms with Gasteiger partial charge in [-0.05, 0) is 50.6 Å². The third kappa shape index (κ3) is 4.91. The molecule has 7 heteroatoms. The summed E-state index contributed by atoms with van der Waals surface area (Å²) in [6.07, 6.45) is 0.743. The van der Waals surface area contributed by atoms with Crippen LogP contribution in [0.15, 0.2) is 47.4 Å². The number of carbonyl (C=O) groups excluding carboxylic acids is 1. The Labute approximate surface area is 179 Å². The largest absolute Gasteiger partial charge is 0.345 e. The zero-order valence-electron chi connectivity index (χ0n) is 18.2. The molecule has 0 saturated carbocycles. The molecule has 0 radical (unpaired) electrons. The first-order valence-electron chi connectivity index (χ1n) is 10.4. The number of amides is 1. The summed E-state index contributed by atoms with van der Waals surface area (Å²) in [4.78, 5) is 15.3. The van der Waals surface area contributed by atoms with E-state index < -0.39 is 10.0 Å². The molecular formula is C23H31N3O3S. The molecule has 1 atom stereocenters. The Hall–Kier alpha value is -2.22. The fraction of sp³-hybridized carbons (Fsp3) is 0.435. The molecule has 1 heterocycles. The Balaban J connectivity index is 1.83. The van der Waals surface area contributed by atoms with Gasteiger partial charge in [-0.2, -0.15) is 4.31 Å². The van der Waals surface area contributed by atoms with Gasteiger partial charge in [-0.15, -0.1) is 0 Å². The lowest BCUT2D eigenvalue weighted by atomic mass is 10.0. The number of benzene rings is 2. The van der Waals surface area contributed by atoms with Gasteiger partial charge in [0, 0.05) is 31.7 Å². The number of hydrogen-bond donors (Lipinski definition) is 1. The van der Waals surface area contributed by atoms with Crippen molar-refractivity contribution in [3.8, 4) is 0 Å². The van der Waals surface area contributed by atoms with E-state index in [1.807, 2.05) is 52.1 Å². The Morgan fingerprint density at radius 1 is 1.03 bits per heavy atom. The third-order valence-corrected chi connectivity index (χ3v) is 7.64. The molecule has 1 fully saturated rings. The van der Waals surface area contributed by atoms with Gasteiger partial charge < -0.3 is 10.2 Å². The van der Waals surface area contributed by atoms with Crippen LogP contribution in [0.1, 0.15) is 46.4 Å². The number of aryl methyl sites for hydroxylation is 2. The van der Waals surface area contributed by atoms with E-state index in [0.29, 0.717) is 31.7 Å². The molecule has 1 aliphatic rings. The van der Waals surface area contributed by atoms with Gasteiger partial charge in [-0.25, -0.2) is 8.42 Å². The molecule has 0 aliphatic carbocycles. The SMILES string of the molecule is CC[C@H](NC(=O)c1cc(S(=O)(=O)N2CCN(C)CC2)ccc1C)c1ccc(C)cc1. The predicted octanol–water partition coefficient (Wildman–Crippen LogP) is 3.12. The molecule has 30 heavy (non-hydrogen) atoms. The summed E-state index contributed by atoms with van der Waals surface area (Å²) < 4.78 is 27.7. The molecule has 6 nitrogen and oxygen atoms in total. The minimum Gasteiger partial charge on any atom is -0.345 e. The molecule has 0 spiro atoms. The second-order valence-electron chi connectivity index (χ2n) is 8.03. The second-order valence-corrected chi connectivity index (χ2v) is 9.97. The van der Waals surface area contributed by atoms with Crippen molar-refractivity contribution in [3.05, 3.63) is 64.7 Å². The van der Waals surface area contributed by atoms with Crippen LogP contribution in [0.4, 0.5) is 0 Å². The van der Waals surface area contributed by atoms with Crippen LogP contribution in [0.3, 0.4) is 0 Å². The molecule has 0 aromatic heterocycles. The molecule has 0 bridgehead atoms. The number of nitrogens with one attached hydrogen (secondary N) is 1. The van der Waals surface area contributed by atoms with E-state index in [2.05, 4.69) is 10.2 Å². The number of piperazine rings is 1. The maximum Gasteiger partial charge on any atom is 0.252 e. The molecule has 2 aromatic carbocycles. The first kappa shape index (κ1) is 22.5. The molecule has 2 aromatic rings. The van der Waals surface area contributed by atoms with Crippen LogP contribution >= 0.6 is 0 Å². The van der Waals surface area contributed by atoms with Crippen molar-refractivity contribution in [2.24, 2.45) is 0 Å². The second kappa shape index (κ2) is 9.29. The predicted molar refractivity (Wildman–Crippen MR) is 119 cm³/mol. The van der Waals surface area contributed by atoms with Gasteiger partial charge in [0.15, 0.2) is 0 Å². The minimum atomic E-state index is -3.62. The highest BCUT2D eigenvalue weighted by molar-refractivity contribution is 7.89. The average molecular weight is 430 g/mol. The average Bonchev–Trinajstić information content (AvgIpc) is 2.73. The van der Waals surface area contributed by atoms with Gasteiger partial charge in [0.2, 0.25) is 10.0 Å². The van der Waals surface area contributed by atoms with Crippen LogP contribution in [0.5, 0.6) is 0 Å². The number of hydrogen-bond acceptors (Lipinski definition) is 4. The fourth-order valence-corrected chi connectivity index (χ4v) is 5.09. The molecule has 1 aliphatic heterocycles. The Morgan fingerprint density at radius 3 is 2.27 bits per heavy atom. The summed E-state index contributed by atoms with van der Waals surface area (Å²) in [6.45, 7) is 8.19. The monoisotopic (exact) mass is 429 g/mol. The van der Waals surface area contributed by atoms with Gasteiger partial charge in [0.25, 0.3) is 5.91 Å². The van der Waals surface area contributed by atoms with Gasteiger partial charge in [0.1, 0.15) is 0 Å². The van der Waals surface area contributed by atoms with E-state index in [0.717, 1.165) is 23.1 Å². The number of likely N-dealkylation sites (N-methyl/N-ethyl adjacent to an activating group) is 1. The third-order valence-electron chi connectivity index (χ3n) is 5.75. The quantitative estimate of drug-likeness (QED) is 0.766. The lowest BCUT2D eigenvalue weighted by Crippen LogP contribution is -2.47. The summed E-state index contributed by atoms with van der Waals surface area (Å²) in [5.74, 6) is -0.254. The summed E-state index contributed by atoms with van der Waals surface area (Å²) in [7, 11) is -1.64. The Bertz CT molecular complexity index is 995. The molecule has 162 valence electrons. The number of nitrogens with zero attached hydrogens (tertiary/aromatic N) is 2. The van der Waals surface area contributed by atoms with Crippen LogP contribution < -0.4 is 5.32 Å². The van der Waals surface area contributed by atoms with Gasteiger partial charge >= 0.3 is 0 Å². The maximum atomic E-state index is 13.1. The zero-order chi connectivity index (χ0) is 21.9. The van der Waals surface area contributed by atoms with E-state index >= 15 is 0 Å². The van der Waals surface area contributed by atoms with E-state index in [9.17, 15) is 13.2 Å². The topological polar surface area (TPSA) is 69.7 Å². The van der Waals surface area contributed by atoms with Gasteiger partial charge in [-0.3, -0.25) is 4.79 Å². The lowest BCUT2D eigenvalue weighted by Gasteiger charge is -2.31. The van der Waals surface area contributed by atoms with Crippen LogP contribution in [0, 0.1) is 13.8 Å². The normalized spacial score (nSPS) is 16.9. The first-order valence-corrected chi connectivity index (χ1v) is 11.8. The van der Waals surface area contributed by atoms with Crippen molar-refractivity contribution in [2.45, 2.75) is 38.1 Å². The maximum absolute atomic E-state index is 13.1. The number of sulfonamides is 1. The summed E-state index contributed by atoms with van der Waals surface area (Å²) in [5, 5.41) is 3.07. The molecular weight excluding hydrogens is 398 g/mol. The highest BCUT2D eigenvalue weighted by Crippen LogP contribution is 2.23. The minimum absolute atomic E-state index is 0.129. The zero-order valence-corrected chi connectivity index (χ0v) is 19.0. The smallest absolute Gasteiger partial charge is 0.252 e. The van der Waals surface area contributed by atoms with E-state index in [1.165, 1.54) is 10.4 Å². The van der Waals surface area contributed by atoms with Crippen molar-refractivity contribution in [2.75, 3.05) is 33.2 Å². The molecule has 1 amide bonds. The van der Waals surface area contributed by atoms with E-state index in [4.69, 9.17) is 0 Å². The molecule has 0 unspecified atom stereocenters. The Morgan fingerprint density at radius 2 is 1.67 bits per heavy atom. The van der Waals surface area contributed by atoms with Crippen LogP contribution in [-0.4, -0.2) is 56.8 Å². The highest BCUT2D eigenvalue weighted by Gasteiger charge is 2.28. The van der Waals surface area contributed by atoms with Crippen LogP contribution in [0.25, 0.3) is 0 Å². The summed E-state index contributed by atoms with van der Waals surface area (Å²) in [6, 6.07) is 12.8. The van der Waals surface area contributed by atoms with Crippen LogP contribution in [0.2, 0.25) is 0 Å². The Kier molecular flexibility index (Phi) is 6.95. The van der Waals surface area contributed by atoms with E-state index in [1.54, 1.807) is 12.1 Å². The standard InChI is InChI=1S/C23H31N3O3S/c1-5-22(19-9-6-17(2)7-10-19)24-23(27)21-16-20(11-8-18(21)3)30(28,29)26-14-12-25(4)13-15-26/h6-11,16,22H,5,12-15H2,1-4H3,(H,24,27)/t22-/m0/s1. The van der Waals surface area contributed by atoms with Crippen molar-refractivity contribution in [1.29, 1.82) is 0 Å². The fourth-order valence-electron chi connectivity index (χ4n) is 3.64. The summed E-state index contributed by atoms with van der Waals surface area (Å²) in [5.41, 5.74) is 3.35. The van der Waals surface area contributed by atoms with Crippen LogP contribution in [-0.2, 0) is 10.0 Å². The molecule has 1 N–H and O–H groups in total. The first-order chi connectivity index (χ1) is 14.2. The number of carbonyl (C=O) groups is 1. The van der Waals surface area contributed by atoms with E-state index in [-0.39, 0.29) is 16.8 Å². The highest BCUT2D eigenvalue weighted by atomic mass is 32.2. The van der Waals surface area contributed by atoms with Gasteiger partial charge in [0.05, 0.1) is 10.9 Å².